The fraction of sp³-hybridized carbons (Fsp3) is 0.0392. The van der Waals surface area contributed by atoms with Crippen LogP contribution in [0.3, 0.4) is 0 Å². The van der Waals surface area contributed by atoms with Crippen LogP contribution < -0.4 is 10.1 Å². The molecular weight excluding hydrogens is 657 g/mol. The number of ether oxygens (including phenoxy) is 1. The quantitative estimate of drug-likeness (QED) is 0.199. The molecule has 1 N–H and O–H groups in total. The Morgan fingerprint density at radius 3 is 1.85 bits per heavy atom. The summed E-state index contributed by atoms with van der Waals surface area (Å²) in [5, 5.41) is 6.22. The first kappa shape index (κ1) is 30.6. The minimum Gasteiger partial charge on any atom is -0.456 e. The van der Waals surface area contributed by atoms with E-state index < -0.39 is 5.41 Å². The lowest BCUT2D eigenvalue weighted by atomic mass is 9.65. The molecule has 8 aromatic carbocycles. The number of nitrogens with zero attached hydrogens (tertiary/aromatic N) is 1. The highest BCUT2D eigenvalue weighted by Crippen LogP contribution is 2.63. The second-order valence-electron chi connectivity index (χ2n) is 14.3. The van der Waals surface area contributed by atoms with Crippen molar-refractivity contribution < 1.29 is 4.74 Å². The van der Waals surface area contributed by atoms with Gasteiger partial charge in [0.15, 0.2) is 0 Å². The van der Waals surface area contributed by atoms with E-state index >= 15 is 0 Å². The summed E-state index contributed by atoms with van der Waals surface area (Å²) in [6, 6.07) is 67.3. The molecule has 0 saturated carbocycles. The first-order chi connectivity index (χ1) is 26.8. The van der Waals surface area contributed by atoms with Gasteiger partial charge in [0.1, 0.15) is 17.7 Å². The van der Waals surface area contributed by atoms with E-state index in [0.717, 1.165) is 56.3 Å². The van der Waals surface area contributed by atoms with Crippen LogP contribution in [0.4, 0.5) is 0 Å². The van der Waals surface area contributed by atoms with Gasteiger partial charge in [-0.25, -0.2) is 0 Å². The third-order valence-electron chi connectivity index (χ3n) is 11.4. The SMILES string of the molecule is C1=C(c2cccc3ccccc23)NC(c2ccc(-c3cccc4c3Oc3ccccc3C43c4ccccc4-c4ccccc43)cc2)N=C1c1ccccc1. The van der Waals surface area contributed by atoms with Gasteiger partial charge in [0.2, 0.25) is 0 Å². The standard InChI is InChI=1S/C51H34N2O/c1-2-15-35(16-3-1)46-32-47(41-22-12-17-33-14-4-5-18-37(33)41)53-50(52-46)36-30-28-34(29-31-36)38-21-13-26-45-49(38)54-48-27-11-10-25-44(48)51(45)42-23-8-6-19-39(42)40-20-7-9-24-43(40)51/h1-32,50,53H. The van der Waals surface area contributed by atoms with E-state index in [1.807, 2.05) is 6.07 Å². The third-order valence-corrected chi connectivity index (χ3v) is 11.4. The Kier molecular flexibility index (Phi) is 6.83. The van der Waals surface area contributed by atoms with Crippen molar-refractivity contribution >= 4 is 22.2 Å². The average molecular weight is 691 g/mol. The zero-order chi connectivity index (χ0) is 35.6. The summed E-state index contributed by atoms with van der Waals surface area (Å²) in [5.41, 5.74) is 14.5. The molecule has 11 rings (SSSR count). The average Bonchev–Trinajstić information content (AvgIpc) is 3.54. The van der Waals surface area contributed by atoms with Crippen LogP contribution in [-0.4, -0.2) is 5.71 Å². The molecule has 0 fully saturated rings. The molecule has 3 nitrogen and oxygen atoms in total. The van der Waals surface area contributed by atoms with E-state index in [2.05, 4.69) is 193 Å². The smallest absolute Gasteiger partial charge is 0.145 e. The summed E-state index contributed by atoms with van der Waals surface area (Å²) in [5.74, 6) is 1.79. The Balaban J connectivity index is 1.03. The predicted molar refractivity (Wildman–Crippen MR) is 220 cm³/mol. The van der Waals surface area contributed by atoms with Gasteiger partial charge in [0.05, 0.1) is 11.1 Å². The summed E-state index contributed by atoms with van der Waals surface area (Å²) < 4.78 is 6.95. The third kappa shape index (κ3) is 4.52. The normalized spacial score (nSPS) is 15.9. The van der Waals surface area contributed by atoms with E-state index in [1.165, 1.54) is 38.6 Å². The minimum atomic E-state index is -0.494. The van der Waals surface area contributed by atoms with Crippen LogP contribution in [0.25, 0.3) is 38.7 Å². The molecule has 0 bridgehead atoms. The van der Waals surface area contributed by atoms with Crippen LogP contribution in [-0.2, 0) is 5.41 Å². The molecule has 2 aliphatic heterocycles. The van der Waals surface area contributed by atoms with Crippen LogP contribution in [0, 0.1) is 0 Å². The van der Waals surface area contributed by atoms with Crippen LogP contribution in [0.1, 0.15) is 45.1 Å². The maximum atomic E-state index is 6.95. The number of fused-ring (bicyclic) bond motifs is 10. The fourth-order valence-corrected chi connectivity index (χ4v) is 9.03. The lowest BCUT2D eigenvalue weighted by Crippen LogP contribution is -2.32. The van der Waals surface area contributed by atoms with Gasteiger partial charge in [0.25, 0.3) is 0 Å². The maximum Gasteiger partial charge on any atom is 0.145 e. The molecule has 0 saturated heterocycles. The Hall–Kier alpha value is -6.97. The Labute approximate surface area is 314 Å². The lowest BCUT2D eigenvalue weighted by molar-refractivity contribution is 0.438. The zero-order valence-electron chi connectivity index (χ0n) is 29.4. The van der Waals surface area contributed by atoms with Gasteiger partial charge < -0.3 is 10.1 Å². The van der Waals surface area contributed by atoms with Crippen molar-refractivity contribution in [1.82, 2.24) is 5.32 Å². The Morgan fingerprint density at radius 2 is 1.06 bits per heavy atom. The van der Waals surface area contributed by atoms with E-state index in [4.69, 9.17) is 9.73 Å². The molecule has 1 aliphatic carbocycles. The predicted octanol–water partition coefficient (Wildman–Crippen LogP) is 12.1. The summed E-state index contributed by atoms with van der Waals surface area (Å²) in [6.07, 6.45) is 1.92. The number of hydrogen-bond donors (Lipinski definition) is 1. The van der Waals surface area contributed by atoms with E-state index in [9.17, 15) is 0 Å². The Bertz CT molecular complexity index is 2780. The second kappa shape index (κ2) is 12.0. The molecule has 0 radical (unpaired) electrons. The fourth-order valence-electron chi connectivity index (χ4n) is 9.03. The van der Waals surface area contributed by atoms with Gasteiger partial charge in [-0.15, -0.1) is 0 Å². The van der Waals surface area contributed by atoms with Crippen molar-refractivity contribution in [2.75, 3.05) is 0 Å². The Morgan fingerprint density at radius 1 is 0.463 bits per heavy atom. The van der Waals surface area contributed by atoms with E-state index in [-0.39, 0.29) is 6.17 Å². The molecular formula is C51H34N2O. The van der Waals surface area contributed by atoms with E-state index in [0.29, 0.717) is 0 Å². The molecule has 3 heteroatoms. The highest BCUT2D eigenvalue weighted by molar-refractivity contribution is 6.14. The highest BCUT2D eigenvalue weighted by atomic mass is 16.5. The van der Waals surface area contributed by atoms with Crippen molar-refractivity contribution in [2.45, 2.75) is 11.6 Å². The molecule has 254 valence electrons. The molecule has 1 unspecified atom stereocenters. The summed E-state index contributed by atoms with van der Waals surface area (Å²) in [6.45, 7) is 0. The monoisotopic (exact) mass is 690 g/mol. The van der Waals surface area contributed by atoms with Gasteiger partial charge in [-0.05, 0) is 61.9 Å². The molecule has 8 aromatic rings. The number of aliphatic imine (C=N–C) groups is 1. The summed E-state index contributed by atoms with van der Waals surface area (Å²) in [4.78, 5) is 5.27. The maximum absolute atomic E-state index is 6.95. The van der Waals surface area contributed by atoms with Crippen molar-refractivity contribution in [3.63, 3.8) is 0 Å². The van der Waals surface area contributed by atoms with Gasteiger partial charge >= 0.3 is 0 Å². The van der Waals surface area contributed by atoms with Gasteiger partial charge in [-0.2, -0.15) is 0 Å². The molecule has 2 heterocycles. The van der Waals surface area contributed by atoms with Crippen molar-refractivity contribution in [3.05, 3.63) is 233 Å². The van der Waals surface area contributed by atoms with Gasteiger partial charge in [0, 0.05) is 28.0 Å². The van der Waals surface area contributed by atoms with Crippen molar-refractivity contribution in [3.8, 4) is 33.8 Å². The topological polar surface area (TPSA) is 33.6 Å². The molecule has 0 amide bonds. The van der Waals surface area contributed by atoms with E-state index in [1.54, 1.807) is 0 Å². The highest BCUT2D eigenvalue weighted by Gasteiger charge is 2.51. The summed E-state index contributed by atoms with van der Waals surface area (Å²) in [7, 11) is 0. The molecule has 54 heavy (non-hydrogen) atoms. The van der Waals surface area contributed by atoms with Crippen molar-refractivity contribution in [2.24, 2.45) is 4.99 Å². The van der Waals surface area contributed by atoms with Crippen LogP contribution in [0.5, 0.6) is 11.5 Å². The molecule has 0 aromatic heterocycles. The number of allylic oxidation sites excluding steroid dienone is 1. The summed E-state index contributed by atoms with van der Waals surface area (Å²) >= 11 is 0. The number of hydrogen-bond acceptors (Lipinski definition) is 3. The largest absolute Gasteiger partial charge is 0.456 e. The lowest BCUT2D eigenvalue weighted by Gasteiger charge is -2.40. The molecule has 1 spiro atoms. The van der Waals surface area contributed by atoms with Crippen LogP contribution in [0.15, 0.2) is 199 Å². The zero-order valence-corrected chi connectivity index (χ0v) is 29.4. The van der Waals surface area contributed by atoms with Crippen LogP contribution >= 0.6 is 0 Å². The van der Waals surface area contributed by atoms with Gasteiger partial charge in [-0.1, -0.05) is 182 Å². The van der Waals surface area contributed by atoms with Crippen molar-refractivity contribution in [1.29, 1.82) is 0 Å². The molecule has 1 atom stereocenters. The first-order valence-corrected chi connectivity index (χ1v) is 18.6. The number of nitrogens with one attached hydrogen (secondary N) is 1. The number of para-hydroxylation sites is 2. The van der Waals surface area contributed by atoms with Crippen LogP contribution in [0.2, 0.25) is 0 Å². The molecule has 3 aliphatic rings. The number of rotatable bonds is 4. The van der Waals surface area contributed by atoms with Gasteiger partial charge in [-0.3, -0.25) is 4.99 Å². The second-order valence-corrected chi connectivity index (χ2v) is 14.3. The first-order valence-electron chi connectivity index (χ1n) is 18.6. The number of benzene rings is 8. The minimum absolute atomic E-state index is 0.268.